The lowest BCUT2D eigenvalue weighted by molar-refractivity contribution is -0.152. The van der Waals surface area contributed by atoms with Crippen molar-refractivity contribution in [2.24, 2.45) is 11.8 Å². The highest BCUT2D eigenvalue weighted by Crippen LogP contribution is 2.11. The molecular weight excluding hydrogens is 278 g/mol. The van der Waals surface area contributed by atoms with Gasteiger partial charge in [-0.2, -0.15) is 0 Å². The summed E-state index contributed by atoms with van der Waals surface area (Å²) in [6.45, 7) is 8.04. The van der Waals surface area contributed by atoms with Crippen molar-refractivity contribution >= 4 is 18.0 Å². The largest absolute Gasteiger partial charge is 0.480 e. The minimum atomic E-state index is -1.19. The Morgan fingerprint density at radius 1 is 1.24 bits per heavy atom. The van der Waals surface area contributed by atoms with E-state index < -0.39 is 29.6 Å². The lowest BCUT2D eigenvalue weighted by atomic mass is 10.0. The van der Waals surface area contributed by atoms with Crippen molar-refractivity contribution in [3.05, 3.63) is 0 Å². The van der Waals surface area contributed by atoms with Crippen LogP contribution in [0.25, 0.3) is 0 Å². The van der Waals surface area contributed by atoms with Gasteiger partial charge < -0.3 is 14.7 Å². The van der Waals surface area contributed by atoms with E-state index in [1.165, 1.54) is 7.05 Å². The summed E-state index contributed by atoms with van der Waals surface area (Å²) < 4.78 is 5.09. The Bertz CT molecular complexity index is 403. The number of carbonyl (C=O) groups excluding carboxylic acids is 2. The monoisotopic (exact) mass is 303 g/mol. The average molecular weight is 303 g/mol. The van der Waals surface area contributed by atoms with Gasteiger partial charge in [0.25, 0.3) is 5.91 Å². The van der Waals surface area contributed by atoms with Gasteiger partial charge in [-0.1, -0.05) is 13.8 Å². The normalized spacial score (nSPS) is 12.8. The van der Waals surface area contributed by atoms with Gasteiger partial charge in [0.1, 0.15) is 18.2 Å². The van der Waals surface area contributed by atoms with Crippen molar-refractivity contribution < 1.29 is 24.2 Å². The van der Waals surface area contributed by atoms with Crippen LogP contribution in [0.2, 0.25) is 0 Å². The number of hydrogen-bond donors (Lipinski definition) is 2. The van der Waals surface area contributed by atoms with Gasteiger partial charge in [0.2, 0.25) is 0 Å². The zero-order valence-corrected chi connectivity index (χ0v) is 13.4. The molecule has 0 saturated heterocycles. The Morgan fingerprint density at radius 3 is 2.05 bits per heavy atom. The van der Waals surface area contributed by atoms with Gasteiger partial charge in [-0.15, -0.1) is 0 Å². The van der Waals surface area contributed by atoms with Crippen molar-refractivity contribution in [1.29, 1.82) is 0 Å². The number of carboxylic acids is 1. The van der Waals surface area contributed by atoms with Crippen molar-refractivity contribution in [2.75, 3.05) is 13.6 Å². The first-order chi connectivity index (χ1) is 9.36. The molecule has 1 atom stereocenters. The third-order valence-corrected chi connectivity index (χ3v) is 2.55. The summed E-state index contributed by atoms with van der Waals surface area (Å²) in [5, 5.41) is 9.73. The summed E-state index contributed by atoms with van der Waals surface area (Å²) >= 11 is 0. The minimum Gasteiger partial charge on any atom is -0.480 e. The molecule has 0 aliphatic carbocycles. The maximum atomic E-state index is 12.0. The molecule has 0 unspecified atom stereocenters. The van der Waals surface area contributed by atoms with Gasteiger partial charge in [-0.3, -0.25) is 9.80 Å². The van der Waals surface area contributed by atoms with Gasteiger partial charge in [-0.05, 0) is 26.7 Å². The first-order valence-electron chi connectivity index (χ1n) is 6.60. The van der Waals surface area contributed by atoms with E-state index in [1.807, 2.05) is 0 Å². The van der Waals surface area contributed by atoms with Gasteiger partial charge in [0.15, 0.2) is 0 Å². The molecule has 8 nitrogen and oxygen atoms in total. The van der Waals surface area contributed by atoms with Gasteiger partial charge >= 0.3 is 12.1 Å². The number of hydrogen-bond acceptors (Lipinski definition) is 5. The van der Waals surface area contributed by atoms with Crippen molar-refractivity contribution in [3.63, 3.8) is 0 Å². The molecule has 0 spiro atoms. The third-order valence-electron chi connectivity index (χ3n) is 2.55. The molecule has 0 bridgehead atoms. The predicted octanol–water partition coefficient (Wildman–Crippen LogP) is 0.665. The number of rotatable bonds is 5. The standard InChI is InChI=1S/C13H25N3O5/c1-8(2)10(11(18)19)16(14)9(17)7-15(6)12(20)21-13(3,4)5/h8,10H,7,14H2,1-6H3,(H,18,19)/t10-/m0/s1. The Labute approximate surface area is 124 Å². The van der Waals surface area contributed by atoms with Crippen molar-refractivity contribution in [2.45, 2.75) is 46.3 Å². The molecule has 0 rings (SSSR count). The van der Waals surface area contributed by atoms with Crippen LogP contribution in [-0.2, 0) is 14.3 Å². The molecule has 0 heterocycles. The summed E-state index contributed by atoms with van der Waals surface area (Å²) in [7, 11) is 1.38. The summed E-state index contributed by atoms with van der Waals surface area (Å²) in [6, 6.07) is -1.15. The van der Waals surface area contributed by atoms with Crippen molar-refractivity contribution in [1.82, 2.24) is 9.91 Å². The predicted molar refractivity (Wildman–Crippen MR) is 76.2 cm³/mol. The number of hydrazine groups is 1. The third kappa shape index (κ3) is 6.44. The zero-order valence-electron chi connectivity index (χ0n) is 13.4. The maximum Gasteiger partial charge on any atom is 0.410 e. The van der Waals surface area contributed by atoms with E-state index in [0.29, 0.717) is 5.01 Å². The summed E-state index contributed by atoms with van der Waals surface area (Å²) in [4.78, 5) is 35.9. The van der Waals surface area contributed by atoms with Crippen LogP contribution in [0.5, 0.6) is 0 Å². The smallest absolute Gasteiger partial charge is 0.410 e. The number of nitrogens with two attached hydrogens (primary N) is 1. The lowest BCUT2D eigenvalue weighted by Crippen LogP contribution is -2.55. The molecule has 0 saturated carbocycles. The summed E-state index contributed by atoms with van der Waals surface area (Å²) in [5.74, 6) is 3.33. The molecule has 0 aromatic heterocycles. The fourth-order valence-electron chi connectivity index (χ4n) is 1.57. The van der Waals surface area contributed by atoms with Crippen LogP contribution in [0.4, 0.5) is 4.79 Å². The number of likely N-dealkylation sites (N-methyl/N-ethyl adjacent to an activating group) is 1. The summed E-state index contributed by atoms with van der Waals surface area (Å²) in [5.41, 5.74) is -0.682. The van der Waals surface area contributed by atoms with Gasteiger partial charge in [0, 0.05) is 7.05 Å². The van der Waals surface area contributed by atoms with E-state index in [0.717, 1.165) is 4.90 Å². The van der Waals surface area contributed by atoms with Crippen LogP contribution in [0.15, 0.2) is 0 Å². The molecule has 0 radical (unpaired) electrons. The molecule has 0 aliphatic rings. The van der Waals surface area contributed by atoms with E-state index in [9.17, 15) is 14.4 Å². The Balaban J connectivity index is 4.74. The van der Waals surface area contributed by atoms with Crippen molar-refractivity contribution in [3.8, 4) is 0 Å². The fourth-order valence-corrected chi connectivity index (χ4v) is 1.57. The Morgan fingerprint density at radius 2 is 1.71 bits per heavy atom. The van der Waals surface area contributed by atoms with E-state index in [1.54, 1.807) is 34.6 Å². The molecule has 0 aromatic rings. The summed E-state index contributed by atoms with van der Waals surface area (Å²) in [6.07, 6.45) is -0.680. The maximum absolute atomic E-state index is 12.0. The van der Waals surface area contributed by atoms with Crippen LogP contribution in [0.1, 0.15) is 34.6 Å². The molecule has 2 amide bonds. The first-order valence-corrected chi connectivity index (χ1v) is 6.60. The zero-order chi connectivity index (χ0) is 17.0. The highest BCUT2D eigenvalue weighted by Gasteiger charge is 2.31. The quantitative estimate of drug-likeness (QED) is 0.438. The fraction of sp³-hybridized carbons (Fsp3) is 0.769. The van der Waals surface area contributed by atoms with E-state index >= 15 is 0 Å². The second-order valence-corrected chi connectivity index (χ2v) is 6.16. The SMILES string of the molecule is CC(C)[C@@H](C(=O)O)N(N)C(=O)CN(C)C(=O)OC(C)(C)C. The van der Waals surface area contributed by atoms with E-state index in [2.05, 4.69) is 0 Å². The van der Waals surface area contributed by atoms with E-state index in [-0.39, 0.29) is 12.5 Å². The molecule has 3 N–H and O–H groups in total. The number of aliphatic carboxylic acids is 1. The van der Waals surface area contributed by atoms with Crippen LogP contribution < -0.4 is 5.84 Å². The highest BCUT2D eigenvalue weighted by atomic mass is 16.6. The van der Waals surface area contributed by atoms with Gasteiger partial charge in [0.05, 0.1) is 0 Å². The second-order valence-electron chi connectivity index (χ2n) is 6.16. The van der Waals surface area contributed by atoms with E-state index in [4.69, 9.17) is 15.7 Å². The molecule has 122 valence electrons. The molecule has 8 heteroatoms. The van der Waals surface area contributed by atoms with Crippen LogP contribution >= 0.6 is 0 Å². The second kappa shape index (κ2) is 7.26. The van der Waals surface area contributed by atoms with Gasteiger partial charge in [-0.25, -0.2) is 15.4 Å². The lowest BCUT2D eigenvalue weighted by Gasteiger charge is -2.29. The molecule has 0 aliphatic heterocycles. The number of carbonyl (C=O) groups is 3. The number of nitrogens with zero attached hydrogens (tertiary/aromatic N) is 2. The molecule has 0 aromatic carbocycles. The van der Waals surface area contributed by atoms with Crippen LogP contribution in [-0.4, -0.2) is 58.2 Å². The number of amides is 2. The Kier molecular flexibility index (Phi) is 6.62. The molecule has 21 heavy (non-hydrogen) atoms. The first kappa shape index (κ1) is 19.2. The topological polar surface area (TPSA) is 113 Å². The number of carboxylic acid groups (broad SMARTS) is 1. The van der Waals surface area contributed by atoms with Crippen LogP contribution in [0, 0.1) is 5.92 Å². The highest BCUT2D eigenvalue weighted by molar-refractivity contribution is 5.86. The van der Waals surface area contributed by atoms with Crippen LogP contribution in [0.3, 0.4) is 0 Å². The molecule has 0 fully saturated rings. The average Bonchev–Trinajstić information content (AvgIpc) is 2.25. The minimum absolute atomic E-state index is 0.358. The number of ether oxygens (including phenoxy) is 1. The molecular formula is C13H25N3O5. The Hall–Kier alpha value is -1.83.